The van der Waals surface area contributed by atoms with Gasteiger partial charge >= 0.3 is 6.09 Å². The lowest BCUT2D eigenvalue weighted by atomic mass is 9.97. The van der Waals surface area contributed by atoms with Gasteiger partial charge in [0.05, 0.1) is 4.92 Å². The van der Waals surface area contributed by atoms with Crippen molar-refractivity contribution in [3.63, 3.8) is 0 Å². The van der Waals surface area contributed by atoms with Crippen molar-refractivity contribution in [1.29, 1.82) is 0 Å². The molecule has 0 saturated carbocycles. The molecule has 1 aliphatic rings. The molecule has 1 saturated heterocycles. The van der Waals surface area contributed by atoms with E-state index in [-0.39, 0.29) is 18.0 Å². The van der Waals surface area contributed by atoms with Gasteiger partial charge < -0.3 is 10.1 Å². The van der Waals surface area contributed by atoms with Crippen LogP contribution in [0.25, 0.3) is 0 Å². The maximum atomic E-state index is 12.9. The number of para-hydroxylation sites is 2. The van der Waals surface area contributed by atoms with Crippen molar-refractivity contribution in [3.05, 3.63) is 70.3 Å². The van der Waals surface area contributed by atoms with Gasteiger partial charge in [-0.05, 0) is 31.4 Å². The number of carbonyl (C=O) groups is 2. The van der Waals surface area contributed by atoms with Crippen molar-refractivity contribution in [2.24, 2.45) is 0 Å². The zero-order valence-electron chi connectivity index (χ0n) is 15.5. The molecule has 0 spiro atoms. The van der Waals surface area contributed by atoms with E-state index < -0.39 is 22.5 Å². The van der Waals surface area contributed by atoms with Crippen LogP contribution in [-0.2, 0) is 16.1 Å². The number of nitrogens with zero attached hydrogens (tertiary/aromatic N) is 2. The molecule has 0 bridgehead atoms. The highest BCUT2D eigenvalue weighted by Gasteiger charge is 2.47. The average molecular weight is 383 g/mol. The van der Waals surface area contributed by atoms with E-state index >= 15 is 0 Å². The second-order valence-electron chi connectivity index (χ2n) is 6.80. The summed E-state index contributed by atoms with van der Waals surface area (Å²) in [5.41, 5.74) is -0.391. The first-order valence-electron chi connectivity index (χ1n) is 8.95. The fourth-order valence-electron chi connectivity index (χ4n) is 3.28. The van der Waals surface area contributed by atoms with E-state index in [0.717, 1.165) is 5.56 Å². The van der Waals surface area contributed by atoms with E-state index in [1.165, 1.54) is 23.1 Å². The minimum absolute atomic E-state index is 0.100. The smallest absolute Gasteiger partial charge is 0.410 e. The molecule has 28 heavy (non-hydrogen) atoms. The Hall–Kier alpha value is -3.42. The lowest BCUT2D eigenvalue weighted by Gasteiger charge is -2.33. The highest BCUT2D eigenvalue weighted by atomic mass is 16.6. The van der Waals surface area contributed by atoms with Crippen LogP contribution in [0.2, 0.25) is 0 Å². The van der Waals surface area contributed by atoms with E-state index in [0.29, 0.717) is 19.4 Å². The van der Waals surface area contributed by atoms with E-state index in [2.05, 4.69) is 5.32 Å². The maximum Gasteiger partial charge on any atom is 0.410 e. The summed E-state index contributed by atoms with van der Waals surface area (Å²) in [6.07, 6.45) is 0.503. The highest BCUT2D eigenvalue weighted by Crippen LogP contribution is 2.32. The van der Waals surface area contributed by atoms with E-state index in [1.54, 1.807) is 13.0 Å². The van der Waals surface area contributed by atoms with Crippen LogP contribution in [0.5, 0.6) is 0 Å². The predicted molar refractivity (Wildman–Crippen MR) is 103 cm³/mol. The van der Waals surface area contributed by atoms with Crippen molar-refractivity contribution in [1.82, 2.24) is 4.90 Å². The molecule has 0 radical (unpaired) electrons. The number of hydrogen-bond donors (Lipinski definition) is 1. The van der Waals surface area contributed by atoms with Crippen LogP contribution in [0.4, 0.5) is 16.2 Å². The van der Waals surface area contributed by atoms with Gasteiger partial charge in [-0.15, -0.1) is 0 Å². The first-order valence-corrected chi connectivity index (χ1v) is 8.95. The molecule has 2 aromatic rings. The quantitative estimate of drug-likeness (QED) is 0.626. The van der Waals surface area contributed by atoms with Crippen LogP contribution in [0.3, 0.4) is 0 Å². The first kappa shape index (κ1) is 19.3. The van der Waals surface area contributed by atoms with E-state index in [1.807, 2.05) is 30.3 Å². The summed E-state index contributed by atoms with van der Waals surface area (Å²) in [6, 6.07) is 15.2. The molecule has 1 fully saturated rings. The van der Waals surface area contributed by atoms with Crippen molar-refractivity contribution >= 4 is 23.4 Å². The second kappa shape index (κ2) is 8.08. The molecule has 2 aromatic carbocycles. The molecular formula is C20H21N3O5. The molecule has 1 aliphatic heterocycles. The van der Waals surface area contributed by atoms with Gasteiger partial charge in [-0.1, -0.05) is 42.5 Å². The van der Waals surface area contributed by atoms with Crippen LogP contribution >= 0.6 is 0 Å². The highest BCUT2D eigenvalue weighted by molar-refractivity contribution is 6.01. The fraction of sp³-hybridized carbons (Fsp3) is 0.300. The van der Waals surface area contributed by atoms with Crippen molar-refractivity contribution in [2.75, 3.05) is 11.9 Å². The van der Waals surface area contributed by atoms with Gasteiger partial charge in [-0.25, -0.2) is 4.79 Å². The number of carbonyl (C=O) groups excluding carboxylic acids is 2. The Bertz CT molecular complexity index is 886. The first-order chi connectivity index (χ1) is 13.4. The Kier molecular flexibility index (Phi) is 5.58. The van der Waals surface area contributed by atoms with Crippen molar-refractivity contribution in [2.45, 2.75) is 31.9 Å². The van der Waals surface area contributed by atoms with E-state index in [4.69, 9.17) is 4.74 Å². The van der Waals surface area contributed by atoms with Crippen molar-refractivity contribution < 1.29 is 19.2 Å². The normalized spacial score (nSPS) is 18.5. The van der Waals surface area contributed by atoms with Gasteiger partial charge in [0.2, 0.25) is 5.91 Å². The number of amides is 2. The van der Waals surface area contributed by atoms with Crippen LogP contribution < -0.4 is 5.32 Å². The molecule has 3 rings (SSSR count). The molecule has 1 unspecified atom stereocenters. The standard InChI is InChI=1S/C20H21N3O5/c1-20(18(24)21-16-10-5-6-11-17(16)23(26)27)12-7-13-22(20)19(25)28-14-15-8-3-2-4-9-15/h2-6,8-11H,7,12-14H2,1H3,(H,21,24). The second-order valence-corrected chi connectivity index (χ2v) is 6.80. The number of likely N-dealkylation sites (tertiary alicyclic amines) is 1. The third kappa shape index (κ3) is 3.95. The fourth-order valence-corrected chi connectivity index (χ4v) is 3.28. The zero-order chi connectivity index (χ0) is 20.1. The molecule has 2 amide bonds. The Morgan fingerprint density at radius 1 is 1.18 bits per heavy atom. The zero-order valence-corrected chi connectivity index (χ0v) is 15.5. The number of benzene rings is 2. The van der Waals surface area contributed by atoms with Gasteiger partial charge in [0.25, 0.3) is 5.69 Å². The molecule has 1 N–H and O–H groups in total. The van der Waals surface area contributed by atoms with Gasteiger partial charge in [-0.2, -0.15) is 0 Å². The number of nitro benzene ring substituents is 1. The van der Waals surface area contributed by atoms with Gasteiger partial charge in [0.15, 0.2) is 0 Å². The Morgan fingerprint density at radius 2 is 1.86 bits per heavy atom. The summed E-state index contributed by atoms with van der Waals surface area (Å²) in [7, 11) is 0. The number of nitro groups is 1. The van der Waals surface area contributed by atoms with Gasteiger partial charge in [-0.3, -0.25) is 19.8 Å². The Morgan fingerprint density at radius 3 is 2.57 bits per heavy atom. The van der Waals surface area contributed by atoms with Crippen LogP contribution in [0.15, 0.2) is 54.6 Å². The number of ether oxygens (including phenoxy) is 1. The number of nitrogens with one attached hydrogen (secondary N) is 1. The molecule has 1 heterocycles. The number of hydrogen-bond acceptors (Lipinski definition) is 5. The van der Waals surface area contributed by atoms with Crippen LogP contribution in [0.1, 0.15) is 25.3 Å². The van der Waals surface area contributed by atoms with Crippen LogP contribution in [0, 0.1) is 10.1 Å². The summed E-state index contributed by atoms with van der Waals surface area (Å²) in [5.74, 6) is -0.476. The van der Waals surface area contributed by atoms with Gasteiger partial charge in [0, 0.05) is 12.6 Å². The summed E-state index contributed by atoms with van der Waals surface area (Å²) >= 11 is 0. The third-order valence-corrected chi connectivity index (χ3v) is 4.90. The lowest BCUT2D eigenvalue weighted by molar-refractivity contribution is -0.383. The molecular weight excluding hydrogens is 362 g/mol. The minimum atomic E-state index is -1.14. The Balaban J connectivity index is 1.71. The molecule has 8 nitrogen and oxygen atoms in total. The molecule has 0 aliphatic carbocycles. The third-order valence-electron chi connectivity index (χ3n) is 4.90. The SMILES string of the molecule is CC1(C(=O)Nc2ccccc2[N+](=O)[O-])CCCN1C(=O)OCc1ccccc1. The summed E-state index contributed by atoms with van der Waals surface area (Å²) in [4.78, 5) is 37.5. The Labute approximate surface area is 162 Å². The van der Waals surface area contributed by atoms with E-state index in [9.17, 15) is 19.7 Å². The minimum Gasteiger partial charge on any atom is -0.445 e. The number of anilines is 1. The summed E-state index contributed by atoms with van der Waals surface area (Å²) in [5, 5.41) is 13.8. The average Bonchev–Trinajstić information content (AvgIpc) is 3.10. The molecule has 146 valence electrons. The summed E-state index contributed by atoms with van der Waals surface area (Å²) < 4.78 is 5.37. The largest absolute Gasteiger partial charge is 0.445 e. The molecule has 0 aromatic heterocycles. The number of rotatable bonds is 5. The predicted octanol–water partition coefficient (Wildman–Crippen LogP) is 3.72. The van der Waals surface area contributed by atoms with Crippen LogP contribution in [-0.4, -0.2) is 33.9 Å². The molecule has 1 atom stereocenters. The lowest BCUT2D eigenvalue weighted by Crippen LogP contribution is -2.53. The summed E-state index contributed by atoms with van der Waals surface area (Å²) in [6.45, 7) is 2.14. The van der Waals surface area contributed by atoms with Crippen molar-refractivity contribution in [3.8, 4) is 0 Å². The maximum absolute atomic E-state index is 12.9. The monoisotopic (exact) mass is 383 g/mol. The van der Waals surface area contributed by atoms with Gasteiger partial charge in [0.1, 0.15) is 17.8 Å². The molecule has 8 heteroatoms. The topological polar surface area (TPSA) is 102 Å².